The largest absolute Gasteiger partial charge is 0.459 e. The van der Waals surface area contributed by atoms with E-state index in [1.807, 2.05) is 0 Å². The molecular formula is C11H14F8O2. The van der Waals surface area contributed by atoms with Crippen LogP contribution in [0.15, 0.2) is 0 Å². The second-order valence-corrected chi connectivity index (χ2v) is 4.71. The zero-order valence-corrected chi connectivity index (χ0v) is 11.0. The second kappa shape index (κ2) is 5.86. The molecule has 1 saturated heterocycles. The summed E-state index contributed by atoms with van der Waals surface area (Å²) in [4.78, 5) is 0. The molecular weight excluding hydrogens is 316 g/mol. The van der Waals surface area contributed by atoms with Crippen molar-refractivity contribution in [2.75, 3.05) is 19.9 Å². The van der Waals surface area contributed by atoms with Crippen LogP contribution in [-0.2, 0) is 9.47 Å². The standard InChI is InChI=1S/C11H14F8O2/c1-2-20-8(6-12)5-7(3-4-21-8)9(13,14)10(15,16)11(17,18)19/h7H,2-6H2,1H3. The van der Waals surface area contributed by atoms with Crippen molar-refractivity contribution in [2.45, 2.75) is 43.6 Å². The molecule has 2 unspecified atom stereocenters. The van der Waals surface area contributed by atoms with Gasteiger partial charge < -0.3 is 9.47 Å². The van der Waals surface area contributed by atoms with Crippen LogP contribution in [0.25, 0.3) is 0 Å². The van der Waals surface area contributed by atoms with E-state index in [9.17, 15) is 35.1 Å². The number of halogens is 8. The van der Waals surface area contributed by atoms with E-state index >= 15 is 0 Å². The number of hydrogen-bond acceptors (Lipinski definition) is 2. The van der Waals surface area contributed by atoms with E-state index in [-0.39, 0.29) is 6.61 Å². The SMILES string of the molecule is CCOC1(CF)CC(C(F)(F)C(F)(F)C(F)(F)F)CCO1. The van der Waals surface area contributed by atoms with Gasteiger partial charge in [-0.2, -0.15) is 30.7 Å². The first-order valence-electron chi connectivity index (χ1n) is 6.10. The minimum absolute atomic E-state index is 0.169. The Kier molecular flexibility index (Phi) is 5.14. The van der Waals surface area contributed by atoms with E-state index in [0.717, 1.165) is 0 Å². The third-order valence-electron chi connectivity index (χ3n) is 3.29. The van der Waals surface area contributed by atoms with Crippen molar-refractivity contribution in [3.63, 3.8) is 0 Å². The average Bonchev–Trinajstić information content (AvgIpc) is 2.37. The van der Waals surface area contributed by atoms with E-state index in [2.05, 4.69) is 0 Å². The molecule has 0 N–H and O–H groups in total. The Bertz CT molecular complexity index is 353. The van der Waals surface area contributed by atoms with Gasteiger partial charge in [-0.15, -0.1) is 0 Å². The molecule has 21 heavy (non-hydrogen) atoms. The lowest BCUT2D eigenvalue weighted by atomic mass is 9.84. The molecule has 0 saturated carbocycles. The number of ether oxygens (including phenoxy) is 2. The summed E-state index contributed by atoms with van der Waals surface area (Å²) in [6.45, 7) is -0.812. The van der Waals surface area contributed by atoms with E-state index in [0.29, 0.717) is 0 Å². The quantitative estimate of drug-likeness (QED) is 0.711. The van der Waals surface area contributed by atoms with E-state index in [1.54, 1.807) is 0 Å². The van der Waals surface area contributed by atoms with Gasteiger partial charge in [-0.05, 0) is 13.3 Å². The van der Waals surface area contributed by atoms with Crippen molar-refractivity contribution < 1.29 is 44.6 Å². The fraction of sp³-hybridized carbons (Fsp3) is 1.00. The van der Waals surface area contributed by atoms with Crippen LogP contribution in [0.1, 0.15) is 19.8 Å². The highest BCUT2D eigenvalue weighted by atomic mass is 19.4. The third-order valence-corrected chi connectivity index (χ3v) is 3.29. The summed E-state index contributed by atoms with van der Waals surface area (Å²) in [5.41, 5.74) is 0. The molecule has 1 aliphatic rings. The molecule has 126 valence electrons. The average molecular weight is 330 g/mol. The molecule has 0 aliphatic carbocycles. The Balaban J connectivity index is 3.03. The maximum atomic E-state index is 13.6. The zero-order chi connectivity index (χ0) is 16.5. The van der Waals surface area contributed by atoms with Crippen LogP contribution in [0.4, 0.5) is 35.1 Å². The molecule has 10 heteroatoms. The van der Waals surface area contributed by atoms with Crippen LogP contribution in [-0.4, -0.2) is 43.7 Å². The van der Waals surface area contributed by atoms with Gasteiger partial charge in [-0.1, -0.05) is 0 Å². The topological polar surface area (TPSA) is 18.5 Å². The maximum absolute atomic E-state index is 13.6. The Morgan fingerprint density at radius 1 is 1.14 bits per heavy atom. The van der Waals surface area contributed by atoms with Gasteiger partial charge in [0.25, 0.3) is 0 Å². The third kappa shape index (κ3) is 3.25. The van der Waals surface area contributed by atoms with Crippen molar-refractivity contribution >= 4 is 0 Å². The van der Waals surface area contributed by atoms with Gasteiger partial charge in [0.2, 0.25) is 0 Å². The van der Waals surface area contributed by atoms with E-state index in [4.69, 9.17) is 9.47 Å². The molecule has 0 radical (unpaired) electrons. The highest BCUT2D eigenvalue weighted by molar-refractivity contribution is 4.98. The predicted octanol–water partition coefficient (Wildman–Crippen LogP) is 3.95. The summed E-state index contributed by atoms with van der Waals surface area (Å²) in [5, 5.41) is 0. The van der Waals surface area contributed by atoms with Crippen LogP contribution >= 0.6 is 0 Å². The van der Waals surface area contributed by atoms with Crippen LogP contribution in [0.5, 0.6) is 0 Å². The summed E-state index contributed by atoms with van der Waals surface area (Å²) in [5.74, 6) is -16.2. The molecule has 1 heterocycles. The summed E-state index contributed by atoms with van der Waals surface area (Å²) < 4.78 is 112. The van der Waals surface area contributed by atoms with Crippen molar-refractivity contribution in [3.05, 3.63) is 0 Å². The van der Waals surface area contributed by atoms with Gasteiger partial charge in [0.05, 0.1) is 6.61 Å². The summed E-state index contributed by atoms with van der Waals surface area (Å²) in [6, 6.07) is 0. The van der Waals surface area contributed by atoms with E-state index < -0.39 is 55.8 Å². The molecule has 2 atom stereocenters. The first-order chi connectivity index (χ1) is 9.43. The number of hydrogen-bond donors (Lipinski definition) is 0. The highest BCUT2D eigenvalue weighted by Gasteiger charge is 2.75. The molecule has 1 fully saturated rings. The van der Waals surface area contributed by atoms with Gasteiger partial charge in [0, 0.05) is 18.9 Å². The van der Waals surface area contributed by atoms with Crippen molar-refractivity contribution in [1.82, 2.24) is 0 Å². The first-order valence-corrected chi connectivity index (χ1v) is 6.10. The zero-order valence-electron chi connectivity index (χ0n) is 11.0. The molecule has 0 aromatic carbocycles. The lowest BCUT2D eigenvalue weighted by molar-refractivity contribution is -0.379. The Hall–Kier alpha value is -0.640. The Morgan fingerprint density at radius 3 is 2.14 bits per heavy atom. The Morgan fingerprint density at radius 2 is 1.71 bits per heavy atom. The van der Waals surface area contributed by atoms with Crippen molar-refractivity contribution in [2.24, 2.45) is 5.92 Å². The molecule has 0 aromatic rings. The number of rotatable bonds is 5. The van der Waals surface area contributed by atoms with Gasteiger partial charge in [-0.3, -0.25) is 0 Å². The predicted molar refractivity (Wildman–Crippen MR) is 55.0 cm³/mol. The van der Waals surface area contributed by atoms with Gasteiger partial charge in [-0.25, -0.2) is 4.39 Å². The summed E-state index contributed by atoms with van der Waals surface area (Å²) >= 11 is 0. The lowest BCUT2D eigenvalue weighted by Gasteiger charge is -2.42. The molecule has 0 bridgehead atoms. The normalized spacial score (nSPS) is 28.7. The Labute approximate surface area is 115 Å². The number of alkyl halides is 8. The fourth-order valence-corrected chi connectivity index (χ4v) is 2.17. The molecule has 1 rings (SSSR count). The van der Waals surface area contributed by atoms with Crippen molar-refractivity contribution in [1.29, 1.82) is 0 Å². The van der Waals surface area contributed by atoms with Gasteiger partial charge in [0.1, 0.15) is 6.67 Å². The van der Waals surface area contributed by atoms with Crippen LogP contribution < -0.4 is 0 Å². The monoisotopic (exact) mass is 330 g/mol. The van der Waals surface area contributed by atoms with Gasteiger partial charge in [0.15, 0.2) is 5.79 Å². The van der Waals surface area contributed by atoms with E-state index in [1.165, 1.54) is 6.92 Å². The maximum Gasteiger partial charge on any atom is 0.459 e. The fourth-order valence-electron chi connectivity index (χ4n) is 2.17. The summed E-state index contributed by atoms with van der Waals surface area (Å²) in [6.07, 6.45) is -8.25. The van der Waals surface area contributed by atoms with Gasteiger partial charge >= 0.3 is 18.0 Å². The van der Waals surface area contributed by atoms with Crippen LogP contribution in [0.2, 0.25) is 0 Å². The first kappa shape index (κ1) is 18.4. The second-order valence-electron chi connectivity index (χ2n) is 4.71. The minimum atomic E-state index is -6.40. The molecule has 0 amide bonds. The molecule has 2 nitrogen and oxygen atoms in total. The van der Waals surface area contributed by atoms with Crippen LogP contribution in [0.3, 0.4) is 0 Å². The molecule has 1 aliphatic heterocycles. The van der Waals surface area contributed by atoms with Crippen LogP contribution in [0, 0.1) is 5.92 Å². The summed E-state index contributed by atoms with van der Waals surface area (Å²) in [7, 11) is 0. The smallest absolute Gasteiger partial charge is 0.348 e. The highest BCUT2D eigenvalue weighted by Crippen LogP contribution is 2.53. The molecule has 0 spiro atoms. The van der Waals surface area contributed by atoms with Crippen molar-refractivity contribution in [3.8, 4) is 0 Å². The minimum Gasteiger partial charge on any atom is -0.348 e. The molecule has 0 aromatic heterocycles. The lowest BCUT2D eigenvalue weighted by Crippen LogP contribution is -2.59.